The van der Waals surface area contributed by atoms with E-state index in [2.05, 4.69) is 88.3 Å². The summed E-state index contributed by atoms with van der Waals surface area (Å²) in [5, 5.41) is 2.53. The molecule has 5 nitrogen and oxygen atoms in total. The Morgan fingerprint density at radius 1 is 1.08 bits per heavy atom. The van der Waals surface area contributed by atoms with Gasteiger partial charge in [-0.15, -0.1) is 0 Å². The fourth-order valence-corrected chi connectivity index (χ4v) is 6.51. The smallest absolute Gasteiger partial charge is 0.250 e. The summed E-state index contributed by atoms with van der Waals surface area (Å²) < 4.78 is 12.9. The number of hydrogen-bond donors (Lipinski definition) is 1. The Hall–Kier alpha value is -2.83. The van der Waals surface area contributed by atoms with Gasteiger partial charge in [0.25, 0.3) is 0 Å². The van der Waals surface area contributed by atoms with Crippen molar-refractivity contribution < 1.29 is 14.0 Å². The molecular weight excluding hydrogens is 488 g/mol. The van der Waals surface area contributed by atoms with E-state index >= 15 is 0 Å². The molecule has 2 aliphatic rings. The van der Waals surface area contributed by atoms with E-state index in [0.29, 0.717) is 18.2 Å². The maximum Gasteiger partial charge on any atom is 0.250 e. The van der Waals surface area contributed by atoms with Gasteiger partial charge in [0.15, 0.2) is 0 Å². The van der Waals surface area contributed by atoms with E-state index in [4.69, 9.17) is 14.9 Å². The Morgan fingerprint density at radius 3 is 2.39 bits per heavy atom. The maximum absolute atomic E-state index is 12.5. The number of carbonyl (C=O) groups is 1. The van der Waals surface area contributed by atoms with Gasteiger partial charge in [0.2, 0.25) is 14.2 Å². The lowest BCUT2D eigenvalue weighted by Gasteiger charge is -2.37. The minimum absolute atomic E-state index is 0.121. The van der Waals surface area contributed by atoms with Gasteiger partial charge in [0.05, 0.1) is 0 Å². The summed E-state index contributed by atoms with van der Waals surface area (Å²) in [7, 11) is 0.146. The standard InChI is InChI=1S/C32H42N2O3Si/c1-21-26(30(33)35)18-25(36-20-23-13-16-34(23)5)19-29(21)32(14-15-32)28-10-8-9-22-11-12-24(17-27(22)28)37-38(6,7)31(2,3)4/h8-12,17-19,23H,13-16,20H2,1-7H3,(H2,33,35). The van der Waals surface area contributed by atoms with Gasteiger partial charge < -0.3 is 14.9 Å². The van der Waals surface area contributed by atoms with Crippen molar-refractivity contribution in [3.8, 4) is 11.5 Å². The largest absolute Gasteiger partial charge is 0.543 e. The Labute approximate surface area is 228 Å². The Bertz CT molecular complexity index is 1390. The highest BCUT2D eigenvalue weighted by Crippen LogP contribution is 2.57. The van der Waals surface area contributed by atoms with Gasteiger partial charge in [-0.25, -0.2) is 0 Å². The zero-order valence-corrected chi connectivity index (χ0v) is 25.0. The molecule has 1 heterocycles. The van der Waals surface area contributed by atoms with Crippen LogP contribution in [0.25, 0.3) is 10.8 Å². The van der Waals surface area contributed by atoms with Crippen LogP contribution in [0.5, 0.6) is 11.5 Å². The fraction of sp³-hybridized carbons (Fsp3) is 0.469. The predicted molar refractivity (Wildman–Crippen MR) is 158 cm³/mol. The van der Waals surface area contributed by atoms with Crippen molar-refractivity contribution in [3.63, 3.8) is 0 Å². The lowest BCUT2D eigenvalue weighted by atomic mass is 9.81. The third-order valence-corrected chi connectivity index (χ3v) is 13.7. The molecular formula is C32H42N2O3Si. The van der Waals surface area contributed by atoms with E-state index in [1.54, 1.807) is 0 Å². The highest BCUT2D eigenvalue weighted by molar-refractivity contribution is 6.74. The molecule has 0 bridgehead atoms. The summed E-state index contributed by atoms with van der Waals surface area (Å²) in [5.74, 6) is 1.26. The number of ether oxygens (including phenoxy) is 1. The predicted octanol–water partition coefficient (Wildman–Crippen LogP) is 6.79. The van der Waals surface area contributed by atoms with Crippen molar-refractivity contribution in [1.82, 2.24) is 4.90 Å². The van der Waals surface area contributed by atoms with Crippen molar-refractivity contribution >= 4 is 25.0 Å². The lowest BCUT2D eigenvalue weighted by Crippen LogP contribution is -2.48. The third-order valence-electron chi connectivity index (χ3n) is 9.34. The second kappa shape index (κ2) is 9.42. The number of nitrogens with two attached hydrogens (primary N) is 1. The number of nitrogens with zero attached hydrogens (tertiary/aromatic N) is 1. The van der Waals surface area contributed by atoms with E-state index in [-0.39, 0.29) is 10.5 Å². The molecule has 1 amide bonds. The first-order valence-corrected chi connectivity index (χ1v) is 16.7. The molecule has 1 unspecified atom stereocenters. The normalized spacial score (nSPS) is 19.2. The number of likely N-dealkylation sites (N-methyl/N-ethyl adjacent to an activating group) is 1. The summed E-state index contributed by atoms with van der Waals surface area (Å²) in [6.07, 6.45) is 3.18. The molecule has 1 saturated heterocycles. The van der Waals surface area contributed by atoms with Gasteiger partial charge in [-0.1, -0.05) is 45.0 Å². The highest BCUT2D eigenvalue weighted by atomic mass is 28.4. The number of amides is 1. The first-order chi connectivity index (χ1) is 17.8. The molecule has 2 N–H and O–H groups in total. The highest BCUT2D eigenvalue weighted by Gasteiger charge is 2.48. The third kappa shape index (κ3) is 4.73. The SMILES string of the molecule is Cc1c(C(N)=O)cc(OCC2CCN2C)cc1C1(c2cccc3ccc(O[Si](C)(C)C(C)(C)C)cc23)CC1. The lowest BCUT2D eigenvalue weighted by molar-refractivity contribution is 0.0767. The first kappa shape index (κ1) is 26.8. The molecule has 1 saturated carbocycles. The summed E-state index contributed by atoms with van der Waals surface area (Å²) in [6, 6.07) is 17.5. The van der Waals surface area contributed by atoms with Gasteiger partial charge in [-0.05, 0) is 110 Å². The molecule has 38 heavy (non-hydrogen) atoms. The monoisotopic (exact) mass is 530 g/mol. The van der Waals surface area contributed by atoms with Gasteiger partial charge in [0, 0.05) is 17.0 Å². The molecule has 0 aromatic heterocycles. The van der Waals surface area contributed by atoms with Crippen LogP contribution in [-0.2, 0) is 5.41 Å². The zero-order chi connectivity index (χ0) is 27.5. The number of rotatable bonds is 8. The summed E-state index contributed by atoms with van der Waals surface area (Å²) in [6.45, 7) is 15.1. The van der Waals surface area contributed by atoms with Crippen LogP contribution in [0, 0.1) is 6.92 Å². The Morgan fingerprint density at radius 2 is 1.82 bits per heavy atom. The topological polar surface area (TPSA) is 64.8 Å². The van der Waals surface area contributed by atoms with E-state index in [9.17, 15) is 4.79 Å². The fourth-order valence-electron chi connectivity index (χ4n) is 5.49. The number of fused-ring (bicyclic) bond motifs is 1. The van der Waals surface area contributed by atoms with Crippen LogP contribution in [0.2, 0.25) is 18.1 Å². The Balaban J connectivity index is 1.57. The van der Waals surface area contributed by atoms with E-state index in [1.807, 2.05) is 13.0 Å². The molecule has 1 atom stereocenters. The van der Waals surface area contributed by atoms with Crippen molar-refractivity contribution in [2.75, 3.05) is 20.2 Å². The van der Waals surface area contributed by atoms with Crippen LogP contribution >= 0.6 is 0 Å². The molecule has 5 rings (SSSR count). The Kier molecular flexibility index (Phi) is 6.63. The van der Waals surface area contributed by atoms with Crippen LogP contribution in [-0.4, -0.2) is 45.4 Å². The van der Waals surface area contributed by atoms with Crippen LogP contribution in [0.1, 0.15) is 67.1 Å². The quantitative estimate of drug-likeness (QED) is 0.326. The molecule has 2 fully saturated rings. The van der Waals surface area contributed by atoms with Gasteiger partial charge in [0.1, 0.15) is 18.1 Å². The van der Waals surface area contributed by atoms with Crippen LogP contribution < -0.4 is 14.9 Å². The first-order valence-electron chi connectivity index (χ1n) is 13.8. The number of likely N-dealkylation sites (tertiary alicyclic amines) is 1. The minimum Gasteiger partial charge on any atom is -0.543 e. The molecule has 202 valence electrons. The van der Waals surface area contributed by atoms with Crippen LogP contribution in [0.3, 0.4) is 0 Å². The van der Waals surface area contributed by atoms with E-state index in [1.165, 1.54) is 16.3 Å². The van der Waals surface area contributed by atoms with Crippen LogP contribution in [0.15, 0.2) is 48.5 Å². The molecule has 6 heteroatoms. The van der Waals surface area contributed by atoms with Crippen molar-refractivity contribution in [1.29, 1.82) is 0 Å². The van der Waals surface area contributed by atoms with Crippen LogP contribution in [0.4, 0.5) is 0 Å². The number of hydrogen-bond acceptors (Lipinski definition) is 4. The number of carbonyl (C=O) groups excluding carboxylic acids is 1. The summed E-state index contributed by atoms with van der Waals surface area (Å²) in [5.41, 5.74) is 9.62. The van der Waals surface area contributed by atoms with E-state index in [0.717, 1.165) is 48.4 Å². The number of primary amides is 1. The second-order valence-electron chi connectivity index (χ2n) is 12.9. The molecule has 0 radical (unpaired) electrons. The van der Waals surface area contributed by atoms with Crippen molar-refractivity contribution in [2.24, 2.45) is 5.73 Å². The average Bonchev–Trinajstić information content (AvgIpc) is 3.64. The molecule has 1 aliphatic heterocycles. The van der Waals surface area contributed by atoms with Gasteiger partial charge in [-0.3, -0.25) is 9.69 Å². The second-order valence-corrected chi connectivity index (χ2v) is 17.6. The molecule has 0 spiro atoms. The number of benzene rings is 3. The minimum atomic E-state index is -1.97. The zero-order valence-electron chi connectivity index (χ0n) is 24.0. The van der Waals surface area contributed by atoms with Gasteiger partial charge in [-0.2, -0.15) is 0 Å². The van der Waals surface area contributed by atoms with Crippen molar-refractivity contribution in [3.05, 3.63) is 70.8 Å². The maximum atomic E-state index is 12.5. The van der Waals surface area contributed by atoms with Gasteiger partial charge >= 0.3 is 0 Å². The molecule has 3 aromatic rings. The average molecular weight is 531 g/mol. The van der Waals surface area contributed by atoms with Crippen molar-refractivity contribution in [2.45, 2.75) is 76.5 Å². The molecule has 1 aliphatic carbocycles. The summed E-state index contributed by atoms with van der Waals surface area (Å²) >= 11 is 0. The van der Waals surface area contributed by atoms with E-state index < -0.39 is 14.2 Å². The molecule has 3 aromatic carbocycles. The summed E-state index contributed by atoms with van der Waals surface area (Å²) in [4.78, 5) is 14.8.